The van der Waals surface area contributed by atoms with Crippen LogP contribution in [0.1, 0.15) is 45.4 Å². The highest BCUT2D eigenvalue weighted by Gasteiger charge is 2.57. The normalized spacial score (nSPS) is 45.6. The molecule has 4 saturated carbocycles. The van der Waals surface area contributed by atoms with Gasteiger partial charge < -0.3 is 9.96 Å². The molecule has 0 aromatic rings. The van der Waals surface area contributed by atoms with E-state index < -0.39 is 0 Å². The molecule has 16 heavy (non-hydrogen) atoms. The third-order valence-electron chi connectivity index (χ3n) is 6.08. The van der Waals surface area contributed by atoms with Crippen LogP contribution in [-0.4, -0.2) is 36.1 Å². The van der Waals surface area contributed by atoms with Crippen LogP contribution in [0.2, 0.25) is 0 Å². The third-order valence-corrected chi connectivity index (χ3v) is 6.08. The van der Waals surface area contributed by atoms with Crippen molar-refractivity contribution in [3.8, 4) is 0 Å². The van der Waals surface area contributed by atoms with Gasteiger partial charge >= 0.3 is 0 Å². The van der Waals surface area contributed by atoms with Gasteiger partial charge in [-0.25, -0.2) is 0 Å². The Morgan fingerprint density at radius 3 is 1.62 bits per heavy atom. The fourth-order valence-corrected chi connectivity index (χ4v) is 5.14. The first-order valence-corrected chi connectivity index (χ1v) is 6.88. The summed E-state index contributed by atoms with van der Waals surface area (Å²) in [4.78, 5) is 0. The first-order valence-electron chi connectivity index (χ1n) is 6.88. The lowest BCUT2D eigenvalue weighted by atomic mass is 9.52. The van der Waals surface area contributed by atoms with E-state index in [4.69, 9.17) is 0 Å². The summed E-state index contributed by atoms with van der Waals surface area (Å²) in [5.41, 5.74) is 0.684. The van der Waals surface area contributed by atoms with E-state index >= 15 is 0 Å². The molecule has 1 N–H and O–H groups in total. The maximum Gasteiger partial charge on any atom is 0.0996 e. The van der Waals surface area contributed by atoms with E-state index in [2.05, 4.69) is 21.0 Å². The lowest BCUT2D eigenvalue weighted by Gasteiger charge is -2.62. The Balaban J connectivity index is 0.000000963. The Morgan fingerprint density at radius 1 is 0.938 bits per heavy atom. The Kier molecular flexibility index (Phi) is 2.87. The molecule has 0 aromatic carbocycles. The van der Waals surface area contributed by atoms with Crippen LogP contribution >= 0.6 is 0 Å². The van der Waals surface area contributed by atoms with Gasteiger partial charge in [-0.3, -0.25) is 0 Å². The van der Waals surface area contributed by atoms with Gasteiger partial charge in [-0.15, -0.1) is 0 Å². The highest BCUT2D eigenvalue weighted by Crippen LogP contribution is 2.58. The van der Waals surface area contributed by atoms with Gasteiger partial charge in [0, 0.05) is 19.3 Å². The van der Waals surface area contributed by atoms with E-state index in [1.807, 2.05) is 0 Å². The van der Waals surface area contributed by atoms with Crippen molar-refractivity contribution in [2.75, 3.05) is 20.6 Å². The van der Waals surface area contributed by atoms with Crippen LogP contribution in [-0.2, 0) is 0 Å². The van der Waals surface area contributed by atoms with E-state index in [9.17, 15) is 0 Å². The van der Waals surface area contributed by atoms with Gasteiger partial charge in [0.25, 0.3) is 0 Å². The standard InChI is InChI=1S/C14H26N.H2O/c1-4-15(2,3)14-8-11-5-12(9-14)7-13(6-11)10-14;/h11-13H,4-10H2,1-3H3;1H2/q+1;/p-1. The molecule has 2 heteroatoms. The smallest absolute Gasteiger partial charge is 0.0996 e. The van der Waals surface area contributed by atoms with E-state index in [1.54, 1.807) is 38.5 Å². The van der Waals surface area contributed by atoms with E-state index in [0.717, 1.165) is 17.8 Å². The molecule has 4 bridgehead atoms. The summed E-state index contributed by atoms with van der Waals surface area (Å²) in [5.74, 6) is 3.29. The molecule has 2 nitrogen and oxygen atoms in total. The molecule has 0 heterocycles. The molecule has 0 aliphatic heterocycles. The number of nitrogens with zero attached hydrogens (tertiary/aromatic N) is 1. The lowest BCUT2D eigenvalue weighted by molar-refractivity contribution is -0.946. The van der Waals surface area contributed by atoms with Crippen molar-refractivity contribution in [2.24, 2.45) is 17.8 Å². The Bertz CT molecular complexity index is 237. The van der Waals surface area contributed by atoms with Crippen molar-refractivity contribution >= 4 is 0 Å². The first kappa shape index (κ1) is 12.4. The van der Waals surface area contributed by atoms with Crippen LogP contribution in [0.15, 0.2) is 0 Å². The second-order valence-corrected chi connectivity index (χ2v) is 7.14. The van der Waals surface area contributed by atoms with E-state index in [-0.39, 0.29) is 5.48 Å². The first-order chi connectivity index (χ1) is 7.05. The molecule has 4 aliphatic carbocycles. The minimum Gasteiger partial charge on any atom is -0.870 e. The predicted octanol–water partition coefficient (Wildman–Crippen LogP) is 2.87. The molecule has 94 valence electrons. The molecule has 0 atom stereocenters. The van der Waals surface area contributed by atoms with Crippen molar-refractivity contribution in [1.29, 1.82) is 0 Å². The summed E-state index contributed by atoms with van der Waals surface area (Å²) in [6.45, 7) is 3.69. The minimum absolute atomic E-state index is 0. The maximum atomic E-state index is 2.48. The number of hydrogen-bond acceptors (Lipinski definition) is 1. The molecular weight excluding hydrogens is 198 g/mol. The summed E-state index contributed by atoms with van der Waals surface area (Å²) >= 11 is 0. The third kappa shape index (κ3) is 1.53. The molecule has 4 aliphatic rings. The zero-order valence-electron chi connectivity index (χ0n) is 11.1. The molecule has 4 fully saturated rings. The van der Waals surface area contributed by atoms with Crippen molar-refractivity contribution in [1.82, 2.24) is 0 Å². The molecule has 0 aromatic heterocycles. The van der Waals surface area contributed by atoms with E-state index in [1.165, 1.54) is 11.0 Å². The highest BCUT2D eigenvalue weighted by molar-refractivity contribution is 5.03. The van der Waals surface area contributed by atoms with Gasteiger partial charge in [-0.2, -0.15) is 0 Å². The summed E-state index contributed by atoms with van der Waals surface area (Å²) in [6.07, 6.45) is 9.34. The SMILES string of the molecule is CC[N+](C)(C)C12CC3CC(CC(C3)C1)C2.[OH-]. The zero-order chi connectivity index (χ0) is 10.7. The molecule has 4 rings (SSSR count). The van der Waals surface area contributed by atoms with Gasteiger partial charge in [0.15, 0.2) is 0 Å². The van der Waals surface area contributed by atoms with Gasteiger partial charge in [-0.05, 0) is 43.9 Å². The van der Waals surface area contributed by atoms with Crippen LogP contribution in [0.3, 0.4) is 0 Å². The van der Waals surface area contributed by atoms with Gasteiger partial charge in [0.2, 0.25) is 0 Å². The summed E-state index contributed by atoms with van der Waals surface area (Å²) in [7, 11) is 4.96. The number of quaternary nitrogens is 1. The van der Waals surface area contributed by atoms with Gasteiger partial charge in [0.1, 0.15) is 0 Å². The minimum atomic E-state index is 0. The van der Waals surface area contributed by atoms with E-state index in [0.29, 0.717) is 5.54 Å². The Labute approximate surface area is 99.9 Å². The zero-order valence-corrected chi connectivity index (χ0v) is 11.1. The quantitative estimate of drug-likeness (QED) is 0.665. The van der Waals surface area contributed by atoms with Crippen LogP contribution in [0.4, 0.5) is 0 Å². The fourth-order valence-electron chi connectivity index (χ4n) is 5.14. The van der Waals surface area contributed by atoms with Crippen LogP contribution < -0.4 is 0 Å². The topological polar surface area (TPSA) is 30.0 Å². The van der Waals surface area contributed by atoms with Crippen LogP contribution in [0.25, 0.3) is 0 Å². The second kappa shape index (κ2) is 3.71. The van der Waals surface area contributed by atoms with Gasteiger partial charge in [-0.1, -0.05) is 0 Å². The van der Waals surface area contributed by atoms with Gasteiger partial charge in [0.05, 0.1) is 26.2 Å². The summed E-state index contributed by atoms with van der Waals surface area (Å²) in [5, 5.41) is 0. The molecular formula is C14H27NO. The maximum absolute atomic E-state index is 2.48. The lowest BCUT2D eigenvalue weighted by Crippen LogP contribution is -2.66. The largest absolute Gasteiger partial charge is 0.870 e. The highest BCUT2D eigenvalue weighted by atomic mass is 16.0. The van der Waals surface area contributed by atoms with Crippen LogP contribution in [0.5, 0.6) is 0 Å². The molecule has 0 unspecified atom stereocenters. The Hall–Kier alpha value is -0.0800. The summed E-state index contributed by atoms with van der Waals surface area (Å²) in [6, 6.07) is 0. The second-order valence-electron chi connectivity index (χ2n) is 7.14. The number of rotatable bonds is 2. The van der Waals surface area contributed by atoms with Crippen LogP contribution in [0, 0.1) is 17.8 Å². The monoisotopic (exact) mass is 225 g/mol. The van der Waals surface area contributed by atoms with Crippen molar-refractivity contribution < 1.29 is 9.96 Å². The van der Waals surface area contributed by atoms with Crippen molar-refractivity contribution in [3.05, 3.63) is 0 Å². The Morgan fingerprint density at radius 2 is 1.31 bits per heavy atom. The summed E-state index contributed by atoms with van der Waals surface area (Å²) < 4.78 is 1.29. The van der Waals surface area contributed by atoms with Crippen molar-refractivity contribution in [2.45, 2.75) is 51.0 Å². The molecule has 0 saturated heterocycles. The average Bonchev–Trinajstić information content (AvgIpc) is 2.15. The molecule has 0 spiro atoms. The fraction of sp³-hybridized carbons (Fsp3) is 1.00. The molecule has 0 radical (unpaired) electrons. The predicted molar refractivity (Wildman–Crippen MR) is 65.5 cm³/mol. The average molecular weight is 225 g/mol. The molecule has 0 amide bonds. The number of hydrogen-bond donors (Lipinski definition) is 0. The van der Waals surface area contributed by atoms with Crippen molar-refractivity contribution in [3.63, 3.8) is 0 Å².